The Morgan fingerprint density at radius 2 is 1.95 bits per heavy atom. The zero-order chi connectivity index (χ0) is 14.7. The molecule has 0 bridgehead atoms. The topological polar surface area (TPSA) is 86.3 Å². The van der Waals surface area contributed by atoms with Gasteiger partial charge in [0.15, 0.2) is 0 Å². The van der Waals surface area contributed by atoms with Crippen molar-refractivity contribution in [3.8, 4) is 11.9 Å². The summed E-state index contributed by atoms with van der Waals surface area (Å²) in [5, 5.41) is 11.9. The van der Waals surface area contributed by atoms with Crippen molar-refractivity contribution in [1.29, 1.82) is 0 Å². The second-order valence-corrected chi connectivity index (χ2v) is 4.68. The van der Waals surface area contributed by atoms with Gasteiger partial charge in [-0.2, -0.15) is 25.1 Å². The van der Waals surface area contributed by atoms with Crippen LogP contribution in [-0.4, -0.2) is 41.1 Å². The highest BCUT2D eigenvalue weighted by Gasteiger charge is 2.10. The van der Waals surface area contributed by atoms with Crippen LogP contribution < -0.4 is 5.32 Å². The Hall–Kier alpha value is -2.48. The van der Waals surface area contributed by atoms with Gasteiger partial charge < -0.3 is 5.32 Å². The van der Waals surface area contributed by atoms with Crippen molar-refractivity contribution in [3.63, 3.8) is 0 Å². The minimum atomic E-state index is 0.376. The lowest BCUT2D eigenvalue weighted by Gasteiger charge is -2.08. The van der Waals surface area contributed by atoms with Gasteiger partial charge in [-0.1, -0.05) is 18.5 Å². The molecule has 0 amide bonds. The predicted octanol–water partition coefficient (Wildman–Crippen LogP) is 1.72. The largest absolute Gasteiger partial charge is 0.354 e. The van der Waals surface area contributed by atoms with Gasteiger partial charge in [0.1, 0.15) is 0 Å². The molecule has 9 heteroatoms. The van der Waals surface area contributed by atoms with Crippen LogP contribution in [0.5, 0.6) is 0 Å². The monoisotopic (exact) mass is 304 g/mol. The average molecular weight is 305 g/mol. The first-order chi connectivity index (χ1) is 10.3. The standard InChI is InChI=1S/C12H13ClN8/c1-2-4-14-10-17-11(20-6-3-5-15-20)19-12(18-10)21-8-9(13)7-16-21/h3,5-8H,2,4H2,1H3,(H,14,17,18,19). The first-order valence-corrected chi connectivity index (χ1v) is 6.84. The van der Waals surface area contributed by atoms with Crippen molar-refractivity contribution in [2.45, 2.75) is 13.3 Å². The fraction of sp³-hybridized carbons (Fsp3) is 0.250. The van der Waals surface area contributed by atoms with Crippen LogP contribution >= 0.6 is 11.6 Å². The molecule has 0 aromatic carbocycles. The summed E-state index contributed by atoms with van der Waals surface area (Å²) in [7, 11) is 0. The summed E-state index contributed by atoms with van der Waals surface area (Å²) in [5.41, 5.74) is 0. The molecule has 0 fully saturated rings. The molecular formula is C12H13ClN8. The third kappa shape index (κ3) is 3.00. The fourth-order valence-corrected chi connectivity index (χ4v) is 1.81. The molecule has 3 rings (SSSR count). The van der Waals surface area contributed by atoms with Crippen molar-refractivity contribution in [2.75, 3.05) is 11.9 Å². The minimum Gasteiger partial charge on any atom is -0.354 e. The molecule has 3 heterocycles. The molecule has 0 saturated heterocycles. The molecule has 0 radical (unpaired) electrons. The fourth-order valence-electron chi connectivity index (χ4n) is 1.67. The maximum absolute atomic E-state index is 5.89. The van der Waals surface area contributed by atoms with E-state index in [0.29, 0.717) is 22.9 Å². The van der Waals surface area contributed by atoms with Crippen LogP contribution in [0, 0.1) is 0 Å². The van der Waals surface area contributed by atoms with E-state index in [4.69, 9.17) is 11.6 Å². The van der Waals surface area contributed by atoms with Gasteiger partial charge in [-0.25, -0.2) is 9.36 Å². The summed E-state index contributed by atoms with van der Waals surface area (Å²) < 4.78 is 3.06. The van der Waals surface area contributed by atoms with E-state index in [0.717, 1.165) is 13.0 Å². The van der Waals surface area contributed by atoms with Crippen LogP contribution in [0.25, 0.3) is 11.9 Å². The molecule has 3 aromatic heterocycles. The predicted molar refractivity (Wildman–Crippen MR) is 77.9 cm³/mol. The van der Waals surface area contributed by atoms with Crippen molar-refractivity contribution in [1.82, 2.24) is 34.5 Å². The summed E-state index contributed by atoms with van der Waals surface area (Å²) in [6.45, 7) is 2.83. The third-order valence-corrected chi connectivity index (χ3v) is 2.81. The van der Waals surface area contributed by atoms with E-state index >= 15 is 0 Å². The first-order valence-electron chi connectivity index (χ1n) is 6.47. The highest BCUT2D eigenvalue weighted by molar-refractivity contribution is 6.30. The molecule has 108 valence electrons. The lowest BCUT2D eigenvalue weighted by molar-refractivity contribution is 0.744. The minimum absolute atomic E-state index is 0.376. The number of aromatic nitrogens is 7. The quantitative estimate of drug-likeness (QED) is 0.772. The number of rotatable bonds is 5. The smallest absolute Gasteiger partial charge is 0.257 e. The second kappa shape index (κ2) is 5.88. The van der Waals surface area contributed by atoms with Crippen LogP contribution in [0.4, 0.5) is 5.95 Å². The molecule has 8 nitrogen and oxygen atoms in total. The molecule has 0 unspecified atom stereocenters. The molecule has 0 aliphatic heterocycles. The number of anilines is 1. The highest BCUT2D eigenvalue weighted by Crippen LogP contribution is 2.11. The second-order valence-electron chi connectivity index (χ2n) is 4.24. The number of halogens is 1. The third-order valence-electron chi connectivity index (χ3n) is 2.61. The lowest BCUT2D eigenvalue weighted by Crippen LogP contribution is -2.13. The number of nitrogens with zero attached hydrogens (tertiary/aromatic N) is 7. The van der Waals surface area contributed by atoms with Crippen LogP contribution in [0.2, 0.25) is 5.02 Å². The molecule has 21 heavy (non-hydrogen) atoms. The summed E-state index contributed by atoms with van der Waals surface area (Å²) in [5.74, 6) is 1.26. The Morgan fingerprint density at radius 1 is 1.14 bits per heavy atom. The van der Waals surface area contributed by atoms with Gasteiger partial charge in [-0.3, -0.25) is 0 Å². The Bertz CT molecular complexity index is 721. The molecule has 1 N–H and O–H groups in total. The number of hydrogen-bond acceptors (Lipinski definition) is 6. The van der Waals surface area contributed by atoms with Gasteiger partial charge in [0.2, 0.25) is 5.95 Å². The summed E-state index contributed by atoms with van der Waals surface area (Å²) >= 11 is 5.89. The molecule has 3 aromatic rings. The zero-order valence-corrected chi connectivity index (χ0v) is 12.1. The van der Waals surface area contributed by atoms with Gasteiger partial charge in [0.05, 0.1) is 17.4 Å². The van der Waals surface area contributed by atoms with Crippen LogP contribution in [0.1, 0.15) is 13.3 Å². The van der Waals surface area contributed by atoms with E-state index in [9.17, 15) is 0 Å². The van der Waals surface area contributed by atoms with Gasteiger partial charge in [-0.05, 0) is 12.5 Å². The maximum Gasteiger partial charge on any atom is 0.257 e. The van der Waals surface area contributed by atoms with Crippen molar-refractivity contribution in [3.05, 3.63) is 35.9 Å². The zero-order valence-electron chi connectivity index (χ0n) is 11.3. The van der Waals surface area contributed by atoms with E-state index in [-0.39, 0.29) is 0 Å². The average Bonchev–Trinajstić information content (AvgIpc) is 3.16. The van der Waals surface area contributed by atoms with Crippen LogP contribution in [0.3, 0.4) is 0 Å². The van der Waals surface area contributed by atoms with Crippen LogP contribution in [0.15, 0.2) is 30.9 Å². The normalized spacial score (nSPS) is 10.8. The van der Waals surface area contributed by atoms with Gasteiger partial charge in [0, 0.05) is 18.9 Å². The van der Waals surface area contributed by atoms with E-state index < -0.39 is 0 Å². The van der Waals surface area contributed by atoms with E-state index in [2.05, 4.69) is 37.4 Å². The summed E-state index contributed by atoms with van der Waals surface area (Å²) in [4.78, 5) is 13.0. The van der Waals surface area contributed by atoms with Gasteiger partial charge in [-0.15, -0.1) is 0 Å². The van der Waals surface area contributed by atoms with Crippen molar-refractivity contribution < 1.29 is 0 Å². The Kier molecular flexibility index (Phi) is 3.78. The van der Waals surface area contributed by atoms with Crippen molar-refractivity contribution >= 4 is 17.5 Å². The Balaban J connectivity index is 2.04. The van der Waals surface area contributed by atoms with E-state index in [1.54, 1.807) is 29.3 Å². The molecule has 0 atom stereocenters. The highest BCUT2D eigenvalue weighted by atomic mass is 35.5. The number of nitrogens with one attached hydrogen (secondary N) is 1. The van der Waals surface area contributed by atoms with Gasteiger partial charge >= 0.3 is 0 Å². The maximum atomic E-state index is 5.89. The summed E-state index contributed by atoms with van der Waals surface area (Å²) in [6.07, 6.45) is 7.54. The lowest BCUT2D eigenvalue weighted by atomic mass is 10.5. The molecule has 0 spiro atoms. The summed E-state index contributed by atoms with van der Waals surface area (Å²) in [6, 6.07) is 1.80. The van der Waals surface area contributed by atoms with E-state index in [1.807, 2.05) is 0 Å². The van der Waals surface area contributed by atoms with Crippen molar-refractivity contribution in [2.24, 2.45) is 0 Å². The molecule has 0 saturated carbocycles. The molecule has 0 aliphatic rings. The van der Waals surface area contributed by atoms with Crippen LogP contribution in [-0.2, 0) is 0 Å². The Labute approximate surface area is 125 Å². The SMILES string of the molecule is CCCNc1nc(-n2cccn2)nc(-n2cc(Cl)cn2)n1. The first kappa shape index (κ1) is 13.5. The Morgan fingerprint density at radius 3 is 2.57 bits per heavy atom. The van der Waals surface area contributed by atoms with Gasteiger partial charge in [0.25, 0.3) is 11.9 Å². The van der Waals surface area contributed by atoms with E-state index in [1.165, 1.54) is 10.9 Å². The molecular weight excluding hydrogens is 292 g/mol. The number of hydrogen-bond donors (Lipinski definition) is 1. The molecule has 0 aliphatic carbocycles.